The van der Waals surface area contributed by atoms with E-state index in [0.717, 1.165) is 24.2 Å². The van der Waals surface area contributed by atoms with Crippen LogP contribution in [-0.4, -0.2) is 6.29 Å². The molecule has 18 heavy (non-hydrogen) atoms. The summed E-state index contributed by atoms with van der Waals surface area (Å²) in [6.07, 6.45) is 9.64. The molecule has 0 bridgehead atoms. The van der Waals surface area contributed by atoms with Gasteiger partial charge in [-0.3, -0.25) is 0 Å². The van der Waals surface area contributed by atoms with E-state index in [1.807, 2.05) is 0 Å². The second kappa shape index (κ2) is 5.05. The van der Waals surface area contributed by atoms with Crippen molar-refractivity contribution in [2.24, 2.45) is 0 Å². The topological polar surface area (TPSA) is 17.1 Å². The van der Waals surface area contributed by atoms with Crippen LogP contribution >= 0.6 is 11.6 Å². The number of benzene rings is 1. The summed E-state index contributed by atoms with van der Waals surface area (Å²) in [5.41, 5.74) is 3.87. The zero-order chi connectivity index (χ0) is 12.5. The monoisotopic (exact) mass is 262 g/mol. The van der Waals surface area contributed by atoms with Gasteiger partial charge in [0.25, 0.3) is 0 Å². The molecule has 1 nitrogen and oxygen atoms in total. The molecule has 0 heterocycles. The minimum Gasteiger partial charge on any atom is -0.303 e. The Hall–Kier alpha value is -0.820. The van der Waals surface area contributed by atoms with Gasteiger partial charge in [0.15, 0.2) is 0 Å². The molecule has 0 spiro atoms. The van der Waals surface area contributed by atoms with Crippen LogP contribution < -0.4 is 0 Å². The van der Waals surface area contributed by atoms with Crippen molar-refractivity contribution in [2.75, 3.05) is 0 Å². The Kier molecular flexibility index (Phi) is 3.43. The molecule has 96 valence electrons. The molecule has 2 aliphatic rings. The molecule has 0 aromatic heterocycles. The van der Waals surface area contributed by atoms with Crippen LogP contribution in [0.5, 0.6) is 0 Å². The first kappa shape index (κ1) is 12.2. The summed E-state index contributed by atoms with van der Waals surface area (Å²) in [7, 11) is 0. The van der Waals surface area contributed by atoms with E-state index >= 15 is 0 Å². The van der Waals surface area contributed by atoms with Crippen molar-refractivity contribution in [1.82, 2.24) is 0 Å². The zero-order valence-corrected chi connectivity index (χ0v) is 11.4. The maximum Gasteiger partial charge on any atom is 0.127 e. The minimum atomic E-state index is 0.0814. The maximum absolute atomic E-state index is 11.0. The number of aryl methyl sites for hydroxylation is 1. The molecule has 2 heteroatoms. The molecule has 1 fully saturated rings. The number of carbonyl (C=O) groups excluding carboxylic acids is 1. The summed E-state index contributed by atoms with van der Waals surface area (Å²) in [5, 5.41) is 0.884. The highest BCUT2D eigenvalue weighted by atomic mass is 35.5. The van der Waals surface area contributed by atoms with Crippen LogP contribution in [0.1, 0.15) is 67.1 Å². The van der Waals surface area contributed by atoms with Crippen molar-refractivity contribution in [2.45, 2.75) is 56.8 Å². The van der Waals surface area contributed by atoms with E-state index in [9.17, 15) is 4.79 Å². The molecular formula is C16H19ClO. The third-order valence-electron chi connectivity index (χ3n) is 4.59. The van der Waals surface area contributed by atoms with Gasteiger partial charge < -0.3 is 4.79 Å². The van der Waals surface area contributed by atoms with Crippen molar-refractivity contribution < 1.29 is 4.79 Å². The standard InChI is InChI=1S/C16H19ClO/c17-16-9-14-12(6-7-13(14)10-18)8-15(16)11-4-2-1-3-5-11/h8-11,13H,1-7H2. The van der Waals surface area contributed by atoms with E-state index in [2.05, 4.69) is 12.1 Å². The molecule has 1 aromatic rings. The largest absolute Gasteiger partial charge is 0.303 e. The fourth-order valence-electron chi connectivity index (χ4n) is 3.55. The SMILES string of the molecule is O=CC1CCc2cc(C3CCCCC3)c(Cl)cc21. The smallest absolute Gasteiger partial charge is 0.127 e. The van der Waals surface area contributed by atoms with Crippen LogP contribution in [-0.2, 0) is 11.2 Å². The highest BCUT2D eigenvalue weighted by Gasteiger charge is 2.26. The average Bonchev–Trinajstić information content (AvgIpc) is 2.80. The lowest BCUT2D eigenvalue weighted by Crippen LogP contribution is -2.06. The fraction of sp³-hybridized carbons (Fsp3) is 0.562. The van der Waals surface area contributed by atoms with Crippen LogP contribution in [0.2, 0.25) is 5.02 Å². The first-order chi connectivity index (χ1) is 8.79. The van der Waals surface area contributed by atoms with Gasteiger partial charge in [-0.1, -0.05) is 36.9 Å². The van der Waals surface area contributed by atoms with Crippen molar-refractivity contribution in [3.63, 3.8) is 0 Å². The highest BCUT2D eigenvalue weighted by Crippen LogP contribution is 2.41. The van der Waals surface area contributed by atoms with Crippen LogP contribution in [0.15, 0.2) is 12.1 Å². The van der Waals surface area contributed by atoms with Gasteiger partial charge in [-0.25, -0.2) is 0 Å². The zero-order valence-electron chi connectivity index (χ0n) is 10.6. The lowest BCUT2D eigenvalue weighted by atomic mass is 9.83. The van der Waals surface area contributed by atoms with Crippen LogP contribution in [0, 0.1) is 0 Å². The first-order valence-electron chi connectivity index (χ1n) is 7.07. The maximum atomic E-state index is 11.0. The van der Waals surface area contributed by atoms with Crippen molar-refractivity contribution in [3.8, 4) is 0 Å². The van der Waals surface area contributed by atoms with Gasteiger partial charge in [-0.15, -0.1) is 0 Å². The summed E-state index contributed by atoms with van der Waals surface area (Å²) in [6, 6.07) is 4.35. The summed E-state index contributed by atoms with van der Waals surface area (Å²) < 4.78 is 0. The summed E-state index contributed by atoms with van der Waals surface area (Å²) in [4.78, 5) is 11.0. The Morgan fingerprint density at radius 2 is 1.83 bits per heavy atom. The molecule has 0 aliphatic heterocycles. The van der Waals surface area contributed by atoms with E-state index in [0.29, 0.717) is 5.92 Å². The second-order valence-electron chi connectivity index (χ2n) is 5.69. The minimum absolute atomic E-state index is 0.0814. The molecule has 0 amide bonds. The van der Waals surface area contributed by atoms with Crippen molar-refractivity contribution in [1.29, 1.82) is 0 Å². The molecule has 1 unspecified atom stereocenters. The molecular weight excluding hydrogens is 244 g/mol. The lowest BCUT2D eigenvalue weighted by Gasteiger charge is -2.24. The number of fused-ring (bicyclic) bond motifs is 1. The predicted octanol–water partition coefficient (Wildman–Crippen LogP) is 4.62. The number of hydrogen-bond acceptors (Lipinski definition) is 1. The molecule has 0 N–H and O–H groups in total. The van der Waals surface area contributed by atoms with E-state index in [4.69, 9.17) is 11.6 Å². The van der Waals surface area contributed by atoms with Gasteiger partial charge in [0.2, 0.25) is 0 Å². The van der Waals surface area contributed by atoms with Gasteiger partial charge in [-0.05, 0) is 54.4 Å². The summed E-state index contributed by atoms with van der Waals surface area (Å²) in [6.45, 7) is 0. The number of aldehydes is 1. The Bertz CT molecular complexity index is 460. The Balaban J connectivity index is 1.95. The number of halogens is 1. The molecule has 2 aliphatic carbocycles. The average molecular weight is 263 g/mol. The van der Waals surface area contributed by atoms with Crippen LogP contribution in [0.4, 0.5) is 0 Å². The van der Waals surface area contributed by atoms with Crippen LogP contribution in [0.3, 0.4) is 0 Å². The molecule has 1 aromatic carbocycles. The van der Waals surface area contributed by atoms with Gasteiger partial charge in [0.1, 0.15) is 6.29 Å². The third-order valence-corrected chi connectivity index (χ3v) is 4.92. The Morgan fingerprint density at radius 1 is 1.06 bits per heavy atom. The van der Waals surface area contributed by atoms with E-state index < -0.39 is 0 Å². The van der Waals surface area contributed by atoms with E-state index in [-0.39, 0.29) is 5.92 Å². The van der Waals surface area contributed by atoms with E-state index in [1.54, 1.807) is 0 Å². The second-order valence-corrected chi connectivity index (χ2v) is 6.10. The molecule has 1 atom stereocenters. The molecule has 0 saturated heterocycles. The summed E-state index contributed by atoms with van der Waals surface area (Å²) in [5.74, 6) is 0.727. The van der Waals surface area contributed by atoms with Gasteiger partial charge in [-0.2, -0.15) is 0 Å². The van der Waals surface area contributed by atoms with Gasteiger partial charge >= 0.3 is 0 Å². The van der Waals surface area contributed by atoms with Gasteiger partial charge in [0, 0.05) is 10.9 Å². The van der Waals surface area contributed by atoms with Gasteiger partial charge in [0.05, 0.1) is 0 Å². The lowest BCUT2D eigenvalue weighted by molar-refractivity contribution is -0.109. The molecule has 0 radical (unpaired) electrons. The number of carbonyl (C=O) groups is 1. The Labute approximate surface area is 114 Å². The third kappa shape index (κ3) is 2.09. The van der Waals surface area contributed by atoms with E-state index in [1.165, 1.54) is 48.8 Å². The number of hydrogen-bond donors (Lipinski definition) is 0. The van der Waals surface area contributed by atoms with Crippen molar-refractivity contribution in [3.05, 3.63) is 33.8 Å². The highest BCUT2D eigenvalue weighted by molar-refractivity contribution is 6.31. The normalized spacial score (nSPS) is 23.9. The van der Waals surface area contributed by atoms with Crippen molar-refractivity contribution >= 4 is 17.9 Å². The summed E-state index contributed by atoms with van der Waals surface area (Å²) >= 11 is 6.45. The quantitative estimate of drug-likeness (QED) is 0.711. The predicted molar refractivity (Wildman–Crippen MR) is 74.4 cm³/mol. The first-order valence-corrected chi connectivity index (χ1v) is 7.45. The Morgan fingerprint density at radius 3 is 2.56 bits per heavy atom. The number of rotatable bonds is 2. The molecule has 1 saturated carbocycles. The fourth-order valence-corrected chi connectivity index (χ4v) is 3.87. The molecule has 3 rings (SSSR count). The van der Waals surface area contributed by atoms with Crippen LogP contribution in [0.25, 0.3) is 0 Å².